The summed E-state index contributed by atoms with van der Waals surface area (Å²) in [5.74, 6) is -5.82. The second-order valence-corrected chi connectivity index (χ2v) is 8.56. The lowest BCUT2D eigenvalue weighted by atomic mass is 9.98. The quantitative estimate of drug-likeness (QED) is 0.234. The largest absolute Gasteiger partial charge is 0.465 e. The van der Waals surface area contributed by atoms with Crippen LogP contribution in [0.4, 0.5) is 0 Å². The number of esters is 3. The van der Waals surface area contributed by atoms with E-state index in [-0.39, 0.29) is 5.97 Å². The van der Waals surface area contributed by atoms with Gasteiger partial charge in [0, 0.05) is 25.5 Å². The van der Waals surface area contributed by atoms with E-state index in [1.54, 1.807) is 13.8 Å². The molecule has 2 N–H and O–H groups in total. The number of hydrogen-bond acceptors (Lipinski definition) is 11. The van der Waals surface area contributed by atoms with Gasteiger partial charge >= 0.3 is 17.9 Å². The van der Waals surface area contributed by atoms with Crippen LogP contribution in [0.2, 0.25) is 0 Å². The van der Waals surface area contributed by atoms with Gasteiger partial charge in [-0.25, -0.2) is 4.79 Å². The van der Waals surface area contributed by atoms with E-state index in [4.69, 9.17) is 33.9 Å². The highest BCUT2D eigenvalue weighted by Crippen LogP contribution is 2.34. The van der Waals surface area contributed by atoms with E-state index in [0.717, 1.165) is 6.42 Å². The molecule has 3 heterocycles. The van der Waals surface area contributed by atoms with Crippen molar-refractivity contribution in [3.05, 3.63) is 12.2 Å². The van der Waals surface area contributed by atoms with Crippen molar-refractivity contribution in [1.82, 2.24) is 0 Å². The maximum absolute atomic E-state index is 11.9. The first-order valence-electron chi connectivity index (χ1n) is 10.9. The van der Waals surface area contributed by atoms with Crippen LogP contribution < -0.4 is 0 Å². The summed E-state index contributed by atoms with van der Waals surface area (Å²) in [6.07, 6.45) is 0.890. The van der Waals surface area contributed by atoms with E-state index in [9.17, 15) is 14.4 Å². The first kappa shape index (κ1) is 27.2. The molecule has 3 rings (SSSR count). The Bertz CT molecular complexity index is 728. The fourth-order valence-corrected chi connectivity index (χ4v) is 3.66. The molecule has 0 aromatic heterocycles. The van der Waals surface area contributed by atoms with Crippen molar-refractivity contribution in [3.63, 3.8) is 0 Å². The average Bonchev–Trinajstić information content (AvgIpc) is 3.38. The highest BCUT2D eigenvalue weighted by atomic mass is 16.8. The van der Waals surface area contributed by atoms with Crippen molar-refractivity contribution < 1.29 is 53.0 Å². The number of ether oxygens (including phenoxy) is 6. The second-order valence-electron chi connectivity index (χ2n) is 8.56. The minimum absolute atomic E-state index is 0.292. The summed E-state index contributed by atoms with van der Waals surface area (Å²) in [5.41, 5.74) is 0.309. The Morgan fingerprint density at radius 1 is 1.03 bits per heavy atom. The monoisotopic (exact) mass is 474 g/mol. The van der Waals surface area contributed by atoms with E-state index in [1.807, 2.05) is 0 Å². The molecule has 5 atom stereocenters. The van der Waals surface area contributed by atoms with Gasteiger partial charge in [-0.3, -0.25) is 9.59 Å². The topological polar surface area (TPSA) is 147 Å². The van der Waals surface area contributed by atoms with Crippen LogP contribution in [0.3, 0.4) is 0 Å². The Hall–Kier alpha value is -2.05. The molecule has 0 spiro atoms. The lowest BCUT2D eigenvalue weighted by molar-refractivity contribution is -0.336. The maximum Gasteiger partial charge on any atom is 0.333 e. The molecule has 0 radical (unpaired) electrons. The smallest absolute Gasteiger partial charge is 0.333 e. The number of hydrogen-bond donors (Lipinski definition) is 2. The predicted octanol–water partition coefficient (Wildman–Crippen LogP) is 0.803. The summed E-state index contributed by atoms with van der Waals surface area (Å²) in [4.78, 5) is 34.3. The summed E-state index contributed by atoms with van der Waals surface area (Å²) >= 11 is 0. The van der Waals surface area contributed by atoms with Crippen LogP contribution in [-0.2, 0) is 42.8 Å². The number of methoxy groups -OCH3 is 1. The molecule has 11 nitrogen and oxygen atoms in total. The molecule has 33 heavy (non-hydrogen) atoms. The number of carbonyl (C=O) groups is 3. The van der Waals surface area contributed by atoms with Gasteiger partial charge in [0.05, 0.1) is 19.8 Å². The van der Waals surface area contributed by atoms with Crippen LogP contribution in [0, 0.1) is 11.8 Å². The molecule has 3 fully saturated rings. The van der Waals surface area contributed by atoms with Gasteiger partial charge in [-0.05, 0) is 33.6 Å². The molecule has 3 aliphatic rings. The lowest BCUT2D eigenvalue weighted by Crippen LogP contribution is -2.50. The van der Waals surface area contributed by atoms with Crippen molar-refractivity contribution in [3.8, 4) is 0 Å². The normalized spacial score (nSPS) is 29.3. The average molecular weight is 475 g/mol. The van der Waals surface area contributed by atoms with Gasteiger partial charge in [0.25, 0.3) is 0 Å². The van der Waals surface area contributed by atoms with E-state index in [0.29, 0.717) is 44.7 Å². The fourth-order valence-electron chi connectivity index (χ4n) is 3.66. The van der Waals surface area contributed by atoms with Crippen molar-refractivity contribution in [2.45, 2.75) is 70.4 Å². The van der Waals surface area contributed by atoms with Crippen molar-refractivity contribution in [1.29, 1.82) is 0 Å². The van der Waals surface area contributed by atoms with Gasteiger partial charge in [-0.2, -0.15) is 0 Å². The van der Waals surface area contributed by atoms with Gasteiger partial charge in [0.2, 0.25) is 0 Å². The molecule has 0 saturated carbocycles. The van der Waals surface area contributed by atoms with Crippen LogP contribution in [-0.4, -0.2) is 79.0 Å². The molecule has 0 amide bonds. The van der Waals surface area contributed by atoms with E-state index in [1.165, 1.54) is 14.0 Å². The minimum Gasteiger partial charge on any atom is -0.465 e. The van der Waals surface area contributed by atoms with E-state index < -0.39 is 47.7 Å². The van der Waals surface area contributed by atoms with Gasteiger partial charge in [-0.1, -0.05) is 6.58 Å². The van der Waals surface area contributed by atoms with Crippen LogP contribution in [0.5, 0.6) is 0 Å². The third kappa shape index (κ3) is 7.21. The minimum atomic E-state index is -1.92. The van der Waals surface area contributed by atoms with Gasteiger partial charge in [-0.15, -0.1) is 0 Å². The van der Waals surface area contributed by atoms with Crippen molar-refractivity contribution in [2.24, 2.45) is 11.8 Å². The van der Waals surface area contributed by atoms with Crippen molar-refractivity contribution >= 4 is 17.9 Å². The van der Waals surface area contributed by atoms with E-state index >= 15 is 0 Å². The summed E-state index contributed by atoms with van der Waals surface area (Å²) in [5, 5.41) is 17.9. The highest BCUT2D eigenvalue weighted by Gasteiger charge is 2.48. The molecule has 0 aliphatic carbocycles. The molecular weight excluding hydrogens is 440 g/mol. The van der Waals surface area contributed by atoms with Gasteiger partial charge in [0.15, 0.2) is 24.0 Å². The van der Waals surface area contributed by atoms with Gasteiger partial charge < -0.3 is 38.6 Å². The molecule has 0 bridgehead atoms. The zero-order chi connectivity index (χ0) is 24.8. The second kappa shape index (κ2) is 11.4. The molecule has 3 aliphatic heterocycles. The van der Waals surface area contributed by atoms with Crippen molar-refractivity contribution in [2.75, 3.05) is 26.9 Å². The lowest BCUT2D eigenvalue weighted by Gasteiger charge is -2.39. The summed E-state index contributed by atoms with van der Waals surface area (Å²) in [7, 11) is 1.46. The summed E-state index contributed by atoms with van der Waals surface area (Å²) < 4.78 is 31.9. The number of aliphatic hydroxyl groups is 2. The first-order chi connectivity index (χ1) is 15.4. The molecule has 5 unspecified atom stereocenters. The highest BCUT2D eigenvalue weighted by molar-refractivity contribution is 5.87. The Labute approximate surface area is 192 Å². The third-order valence-electron chi connectivity index (χ3n) is 5.74. The Kier molecular flexibility index (Phi) is 9.38. The molecule has 3 saturated heterocycles. The first-order valence-corrected chi connectivity index (χ1v) is 10.9. The third-order valence-corrected chi connectivity index (χ3v) is 5.74. The number of carbonyl (C=O) groups excluding carboxylic acids is 3. The summed E-state index contributed by atoms with van der Waals surface area (Å²) in [6, 6.07) is 0. The fraction of sp³-hybridized carbons (Fsp3) is 0.773. The molecule has 11 heteroatoms. The molecule has 188 valence electrons. The zero-order valence-corrected chi connectivity index (χ0v) is 19.5. The van der Waals surface area contributed by atoms with Crippen LogP contribution in [0.25, 0.3) is 0 Å². The van der Waals surface area contributed by atoms with Crippen LogP contribution in [0.15, 0.2) is 12.2 Å². The Morgan fingerprint density at radius 2 is 1.61 bits per heavy atom. The SMILES string of the molecule is C=C(C)C(=O)OC1CCCOC1OC(C)(OC)C1CCOC1=O.CC(O)(O)C1CCOC1=O. The van der Waals surface area contributed by atoms with Gasteiger partial charge in [0.1, 0.15) is 11.8 Å². The molecular formula is C22H34O11. The number of cyclic esters (lactones) is 2. The summed E-state index contributed by atoms with van der Waals surface area (Å²) in [6.45, 7) is 9.11. The molecule has 0 aromatic rings. The van der Waals surface area contributed by atoms with Crippen LogP contribution >= 0.6 is 0 Å². The standard InChI is InChI=1S/C16H24O7.C6H10O4/c1-10(2)13(17)22-12-6-5-8-21-15(12)23-16(3,19-4)11-7-9-20-14(11)18;1-6(8,9)4-2-3-10-5(4)7/h11-12,15H,1,5-9H2,2-4H3;4,8-9H,2-3H2,1H3. The van der Waals surface area contributed by atoms with Crippen LogP contribution in [0.1, 0.15) is 46.5 Å². The molecule has 0 aromatic carbocycles. The number of rotatable bonds is 7. The van der Waals surface area contributed by atoms with E-state index in [2.05, 4.69) is 11.3 Å². The Balaban J connectivity index is 0.000000321. The zero-order valence-electron chi connectivity index (χ0n) is 19.5. The Morgan fingerprint density at radius 3 is 2.03 bits per heavy atom. The maximum atomic E-state index is 11.9. The predicted molar refractivity (Wildman–Crippen MR) is 111 cm³/mol.